The topological polar surface area (TPSA) is 64.9 Å². The summed E-state index contributed by atoms with van der Waals surface area (Å²) in [6.07, 6.45) is 0.913. The number of hydrogen-bond acceptors (Lipinski definition) is 4. The van der Waals surface area contributed by atoms with E-state index in [4.69, 9.17) is 0 Å². The molecule has 0 aliphatic heterocycles. The molecule has 0 bridgehead atoms. The summed E-state index contributed by atoms with van der Waals surface area (Å²) < 4.78 is 52.5. The first-order chi connectivity index (χ1) is 9.91. The van der Waals surface area contributed by atoms with Crippen LogP contribution in [0.5, 0.6) is 11.5 Å². The molecule has 2 rings (SSSR count). The predicted octanol–water partition coefficient (Wildman–Crippen LogP) is 3.10. The quantitative estimate of drug-likeness (QED) is 0.268. The molecular formula is C13H8F4N2O2. The van der Waals surface area contributed by atoms with Gasteiger partial charge in [-0.25, -0.2) is 17.6 Å². The van der Waals surface area contributed by atoms with Crippen LogP contribution in [0.15, 0.2) is 29.4 Å². The van der Waals surface area contributed by atoms with Gasteiger partial charge in [-0.15, -0.1) is 0 Å². The molecule has 110 valence electrons. The van der Waals surface area contributed by atoms with Gasteiger partial charge in [0.2, 0.25) is 0 Å². The Balaban J connectivity index is 2.28. The Bertz CT molecular complexity index is 694. The molecule has 0 aromatic heterocycles. The zero-order valence-electron chi connectivity index (χ0n) is 10.2. The van der Waals surface area contributed by atoms with Crippen molar-refractivity contribution in [2.45, 2.75) is 0 Å². The van der Waals surface area contributed by atoms with E-state index in [0.29, 0.717) is 0 Å². The highest BCUT2D eigenvalue weighted by Gasteiger charge is 2.18. The van der Waals surface area contributed by atoms with Gasteiger partial charge in [0.15, 0.2) is 34.8 Å². The fourth-order valence-corrected chi connectivity index (χ4v) is 1.49. The molecule has 0 heterocycles. The number of nitrogens with zero attached hydrogens (tertiary/aromatic N) is 1. The Kier molecular flexibility index (Phi) is 3.97. The second-order valence-electron chi connectivity index (χ2n) is 3.93. The van der Waals surface area contributed by atoms with E-state index in [1.54, 1.807) is 5.43 Å². The number of phenolic OH excluding ortho intramolecular Hbond substituents is 2. The Morgan fingerprint density at radius 3 is 2.24 bits per heavy atom. The molecule has 0 saturated heterocycles. The lowest BCUT2D eigenvalue weighted by Crippen LogP contribution is -2.02. The highest BCUT2D eigenvalue weighted by Crippen LogP contribution is 2.27. The van der Waals surface area contributed by atoms with Crippen LogP contribution < -0.4 is 5.43 Å². The number of phenols is 2. The molecule has 0 radical (unpaired) electrons. The van der Waals surface area contributed by atoms with Crippen LogP contribution in [0.3, 0.4) is 0 Å². The molecule has 0 atom stereocenters. The summed E-state index contributed by atoms with van der Waals surface area (Å²) in [5, 5.41) is 22.0. The number of aromatic hydroxyl groups is 2. The van der Waals surface area contributed by atoms with Crippen LogP contribution in [-0.4, -0.2) is 16.4 Å². The third kappa shape index (κ3) is 2.88. The number of nitrogens with one attached hydrogen (secondary N) is 1. The van der Waals surface area contributed by atoms with E-state index in [-0.39, 0.29) is 11.6 Å². The average Bonchev–Trinajstić information content (AvgIpc) is 2.45. The third-order valence-electron chi connectivity index (χ3n) is 2.54. The van der Waals surface area contributed by atoms with E-state index < -0.39 is 40.5 Å². The highest BCUT2D eigenvalue weighted by atomic mass is 19.2. The maximum Gasteiger partial charge on any atom is 0.186 e. The second-order valence-corrected chi connectivity index (χ2v) is 3.93. The van der Waals surface area contributed by atoms with Gasteiger partial charge in [0.25, 0.3) is 0 Å². The van der Waals surface area contributed by atoms with E-state index in [9.17, 15) is 27.8 Å². The monoisotopic (exact) mass is 300 g/mol. The van der Waals surface area contributed by atoms with Gasteiger partial charge in [-0.05, 0) is 12.1 Å². The van der Waals surface area contributed by atoms with Gasteiger partial charge in [0, 0.05) is 11.6 Å². The van der Waals surface area contributed by atoms with Crippen molar-refractivity contribution in [3.8, 4) is 11.5 Å². The molecule has 0 fully saturated rings. The summed E-state index contributed by atoms with van der Waals surface area (Å²) in [6, 6.07) is 4.01. The Morgan fingerprint density at radius 2 is 1.62 bits per heavy atom. The number of para-hydroxylation sites is 1. The molecule has 3 N–H and O–H groups in total. The van der Waals surface area contributed by atoms with Gasteiger partial charge in [-0.2, -0.15) is 5.10 Å². The minimum absolute atomic E-state index is 0.0280. The zero-order valence-corrected chi connectivity index (χ0v) is 10.2. The van der Waals surface area contributed by atoms with Crippen molar-refractivity contribution in [2.75, 3.05) is 5.43 Å². The summed E-state index contributed by atoms with van der Waals surface area (Å²) in [4.78, 5) is 0. The molecule has 0 saturated carbocycles. The molecule has 4 nitrogen and oxygen atoms in total. The van der Waals surface area contributed by atoms with Crippen LogP contribution in [0.1, 0.15) is 5.56 Å². The van der Waals surface area contributed by atoms with Gasteiger partial charge in [0.1, 0.15) is 5.69 Å². The minimum Gasteiger partial charge on any atom is -0.504 e. The first kappa shape index (κ1) is 14.6. The average molecular weight is 300 g/mol. The standard InChI is InChI=1S/C13H8F4N2O2/c14-7-4-8(15)11(17)12(10(7)16)19-18-5-6-2-1-3-9(20)13(6)21/h1-5,19-21H/b18-5+. The summed E-state index contributed by atoms with van der Waals surface area (Å²) >= 11 is 0. The van der Waals surface area contributed by atoms with E-state index >= 15 is 0 Å². The maximum atomic E-state index is 13.3. The fraction of sp³-hybridized carbons (Fsp3) is 0. The van der Waals surface area contributed by atoms with Crippen molar-refractivity contribution < 1.29 is 27.8 Å². The number of hydrazone groups is 1. The lowest BCUT2D eigenvalue weighted by Gasteiger charge is -2.06. The first-order valence-electron chi connectivity index (χ1n) is 5.54. The van der Waals surface area contributed by atoms with Crippen LogP contribution >= 0.6 is 0 Å². The number of rotatable bonds is 3. The molecule has 8 heteroatoms. The van der Waals surface area contributed by atoms with Gasteiger partial charge in [-0.1, -0.05) is 6.07 Å². The molecular weight excluding hydrogens is 292 g/mol. The number of benzene rings is 2. The van der Waals surface area contributed by atoms with Crippen LogP contribution in [-0.2, 0) is 0 Å². The Hall–Kier alpha value is -2.77. The predicted molar refractivity (Wildman–Crippen MR) is 67.3 cm³/mol. The van der Waals surface area contributed by atoms with Gasteiger partial charge < -0.3 is 10.2 Å². The largest absolute Gasteiger partial charge is 0.504 e. The van der Waals surface area contributed by atoms with Crippen molar-refractivity contribution in [2.24, 2.45) is 5.10 Å². The van der Waals surface area contributed by atoms with Crippen molar-refractivity contribution in [3.05, 3.63) is 53.1 Å². The fourth-order valence-electron chi connectivity index (χ4n) is 1.49. The Morgan fingerprint density at radius 1 is 1.00 bits per heavy atom. The van der Waals surface area contributed by atoms with E-state index in [1.807, 2.05) is 0 Å². The third-order valence-corrected chi connectivity index (χ3v) is 2.54. The summed E-state index contributed by atoms with van der Waals surface area (Å²) in [6.45, 7) is 0. The smallest absolute Gasteiger partial charge is 0.186 e. The van der Waals surface area contributed by atoms with Gasteiger partial charge >= 0.3 is 0 Å². The van der Waals surface area contributed by atoms with E-state index in [1.165, 1.54) is 18.2 Å². The van der Waals surface area contributed by atoms with Crippen LogP contribution in [0.2, 0.25) is 0 Å². The molecule has 0 aliphatic rings. The normalized spacial score (nSPS) is 11.0. The maximum absolute atomic E-state index is 13.3. The lowest BCUT2D eigenvalue weighted by atomic mass is 10.2. The minimum atomic E-state index is -1.63. The second kappa shape index (κ2) is 5.70. The SMILES string of the molecule is Oc1cccc(/C=N/Nc2c(F)c(F)cc(F)c2F)c1O. The summed E-state index contributed by atoms with van der Waals surface area (Å²) in [5.41, 5.74) is 0.725. The zero-order chi connectivity index (χ0) is 15.6. The molecule has 0 aliphatic carbocycles. The van der Waals surface area contributed by atoms with Crippen molar-refractivity contribution >= 4 is 11.9 Å². The van der Waals surface area contributed by atoms with Crippen molar-refractivity contribution in [3.63, 3.8) is 0 Å². The first-order valence-corrected chi connectivity index (χ1v) is 5.54. The molecule has 2 aromatic carbocycles. The van der Waals surface area contributed by atoms with Crippen LogP contribution in [0, 0.1) is 23.3 Å². The molecule has 2 aromatic rings. The summed E-state index contributed by atoms with van der Waals surface area (Å²) in [7, 11) is 0. The van der Waals surface area contributed by atoms with Crippen LogP contribution in [0.25, 0.3) is 0 Å². The number of anilines is 1. The van der Waals surface area contributed by atoms with Crippen molar-refractivity contribution in [1.29, 1.82) is 0 Å². The number of hydrogen-bond donors (Lipinski definition) is 3. The van der Waals surface area contributed by atoms with Gasteiger partial charge in [-0.3, -0.25) is 5.43 Å². The summed E-state index contributed by atoms with van der Waals surface area (Å²) in [5.74, 6) is -7.35. The number of halogens is 4. The molecule has 0 spiro atoms. The van der Waals surface area contributed by atoms with Crippen LogP contribution in [0.4, 0.5) is 23.2 Å². The molecule has 0 amide bonds. The molecule has 0 unspecified atom stereocenters. The highest BCUT2D eigenvalue weighted by molar-refractivity contribution is 5.85. The van der Waals surface area contributed by atoms with Gasteiger partial charge in [0.05, 0.1) is 6.21 Å². The lowest BCUT2D eigenvalue weighted by molar-refractivity contribution is 0.403. The van der Waals surface area contributed by atoms with E-state index in [2.05, 4.69) is 5.10 Å². The van der Waals surface area contributed by atoms with Crippen molar-refractivity contribution in [1.82, 2.24) is 0 Å². The molecule has 21 heavy (non-hydrogen) atoms. The van der Waals surface area contributed by atoms with E-state index in [0.717, 1.165) is 6.21 Å². The Labute approximate surface area is 116 Å².